The molecule has 11 heteroatoms. The smallest absolute Gasteiger partial charge is 0.253 e. The van der Waals surface area contributed by atoms with Crippen LogP contribution in [-0.4, -0.2) is 66.8 Å². The molecule has 1 amide bonds. The number of hydrogen-bond donors (Lipinski definition) is 1. The van der Waals surface area contributed by atoms with Crippen molar-refractivity contribution in [1.82, 2.24) is 25.3 Å². The lowest BCUT2D eigenvalue weighted by molar-refractivity contribution is 0.0853. The molecule has 0 radical (unpaired) electrons. The van der Waals surface area contributed by atoms with Crippen LogP contribution in [0.15, 0.2) is 66.0 Å². The van der Waals surface area contributed by atoms with Crippen LogP contribution in [0.4, 0.5) is 5.82 Å². The Morgan fingerprint density at radius 2 is 1.84 bits per heavy atom. The first-order valence-corrected chi connectivity index (χ1v) is 14.1. The molecule has 1 fully saturated rings. The second-order valence-corrected chi connectivity index (χ2v) is 11.3. The van der Waals surface area contributed by atoms with Crippen molar-refractivity contribution < 1.29 is 17.9 Å². The summed E-state index contributed by atoms with van der Waals surface area (Å²) in [5.74, 6) is 0.449. The SMILES string of the molecule is CN(c1cccc(-c2ccc3cnc(CNC(=O)c4cncc(S(C)(=O)=O)c4)cc3n2)n1)C1CCOCC1. The summed E-state index contributed by atoms with van der Waals surface area (Å²) in [5, 5.41) is 3.63. The topological polar surface area (TPSA) is 127 Å². The predicted molar refractivity (Wildman–Crippen MR) is 144 cm³/mol. The maximum Gasteiger partial charge on any atom is 0.253 e. The summed E-state index contributed by atoms with van der Waals surface area (Å²) in [6.45, 7) is 1.68. The van der Waals surface area contributed by atoms with E-state index in [2.05, 4.69) is 27.2 Å². The zero-order valence-electron chi connectivity index (χ0n) is 21.2. The maximum atomic E-state index is 12.6. The molecule has 5 heterocycles. The van der Waals surface area contributed by atoms with Gasteiger partial charge in [-0.25, -0.2) is 18.4 Å². The van der Waals surface area contributed by atoms with E-state index < -0.39 is 15.7 Å². The summed E-state index contributed by atoms with van der Waals surface area (Å²) < 4.78 is 29.0. The van der Waals surface area contributed by atoms with Crippen molar-refractivity contribution in [2.24, 2.45) is 0 Å². The average Bonchev–Trinajstić information content (AvgIpc) is 2.95. The molecule has 4 aromatic heterocycles. The average molecular weight is 533 g/mol. The highest BCUT2D eigenvalue weighted by Gasteiger charge is 2.20. The van der Waals surface area contributed by atoms with Gasteiger partial charge in [-0.1, -0.05) is 6.07 Å². The summed E-state index contributed by atoms with van der Waals surface area (Å²) in [6, 6.07) is 13.3. The molecular weight excluding hydrogens is 504 g/mol. The number of anilines is 1. The summed E-state index contributed by atoms with van der Waals surface area (Å²) in [5.41, 5.74) is 3.01. The van der Waals surface area contributed by atoms with Gasteiger partial charge in [-0.05, 0) is 49.2 Å². The zero-order valence-corrected chi connectivity index (χ0v) is 22.0. The molecule has 0 aliphatic carbocycles. The lowest BCUT2D eigenvalue weighted by atomic mass is 10.1. The van der Waals surface area contributed by atoms with Crippen LogP contribution >= 0.6 is 0 Å². The largest absolute Gasteiger partial charge is 0.381 e. The van der Waals surface area contributed by atoms with Gasteiger partial charge in [-0.15, -0.1) is 0 Å². The molecule has 1 saturated heterocycles. The number of carbonyl (C=O) groups excluding carboxylic acids is 1. The van der Waals surface area contributed by atoms with Crippen LogP contribution in [0.1, 0.15) is 28.9 Å². The molecule has 0 unspecified atom stereocenters. The molecule has 196 valence electrons. The van der Waals surface area contributed by atoms with Crippen molar-refractivity contribution in [1.29, 1.82) is 0 Å². The Kier molecular flexibility index (Phi) is 7.30. The van der Waals surface area contributed by atoms with Crippen molar-refractivity contribution in [2.45, 2.75) is 30.3 Å². The third-order valence-electron chi connectivity index (χ3n) is 6.56. The quantitative estimate of drug-likeness (QED) is 0.382. The van der Waals surface area contributed by atoms with Gasteiger partial charge < -0.3 is 15.0 Å². The highest BCUT2D eigenvalue weighted by Crippen LogP contribution is 2.24. The van der Waals surface area contributed by atoms with E-state index in [-0.39, 0.29) is 17.0 Å². The minimum atomic E-state index is -3.47. The van der Waals surface area contributed by atoms with Gasteiger partial charge in [0.05, 0.1) is 39.6 Å². The van der Waals surface area contributed by atoms with Gasteiger partial charge in [0.25, 0.3) is 5.91 Å². The van der Waals surface area contributed by atoms with Crippen LogP contribution in [0.3, 0.4) is 0 Å². The molecule has 0 spiro atoms. The highest BCUT2D eigenvalue weighted by atomic mass is 32.2. The first kappa shape index (κ1) is 25.7. The monoisotopic (exact) mass is 532 g/mol. The summed E-state index contributed by atoms with van der Waals surface area (Å²) in [6.07, 6.45) is 7.27. The number of rotatable bonds is 7. The van der Waals surface area contributed by atoms with E-state index >= 15 is 0 Å². The number of sulfone groups is 1. The van der Waals surface area contributed by atoms with Crippen molar-refractivity contribution in [3.05, 3.63) is 72.3 Å². The first-order valence-electron chi connectivity index (χ1n) is 12.2. The van der Waals surface area contributed by atoms with Crippen molar-refractivity contribution in [3.8, 4) is 11.4 Å². The molecule has 1 aliphatic rings. The van der Waals surface area contributed by atoms with Crippen LogP contribution in [0.2, 0.25) is 0 Å². The molecule has 38 heavy (non-hydrogen) atoms. The minimum absolute atomic E-state index is 0.0117. The zero-order chi connectivity index (χ0) is 26.7. The number of ether oxygens (including phenoxy) is 1. The number of hydrogen-bond acceptors (Lipinski definition) is 9. The van der Waals surface area contributed by atoms with Crippen molar-refractivity contribution >= 4 is 32.5 Å². The van der Waals surface area contributed by atoms with E-state index in [1.807, 2.05) is 36.4 Å². The Morgan fingerprint density at radius 1 is 1.05 bits per heavy atom. The van der Waals surface area contributed by atoms with Gasteiger partial charge in [0.15, 0.2) is 9.84 Å². The molecule has 0 bridgehead atoms. The molecule has 0 aromatic carbocycles. The fourth-order valence-electron chi connectivity index (χ4n) is 4.34. The van der Waals surface area contributed by atoms with E-state index in [1.165, 1.54) is 18.5 Å². The van der Waals surface area contributed by atoms with Gasteiger partial charge >= 0.3 is 0 Å². The van der Waals surface area contributed by atoms with Crippen LogP contribution in [0, 0.1) is 0 Å². The van der Waals surface area contributed by atoms with Crippen LogP contribution < -0.4 is 10.2 Å². The number of fused-ring (bicyclic) bond motifs is 1. The number of amides is 1. The molecule has 0 saturated carbocycles. The Morgan fingerprint density at radius 3 is 2.63 bits per heavy atom. The molecule has 1 aliphatic heterocycles. The third kappa shape index (κ3) is 5.79. The summed E-state index contributed by atoms with van der Waals surface area (Å²) in [4.78, 5) is 32.8. The lowest BCUT2D eigenvalue weighted by Crippen LogP contribution is -2.37. The van der Waals surface area contributed by atoms with Gasteiger partial charge in [0.1, 0.15) is 5.82 Å². The number of pyridine rings is 4. The summed E-state index contributed by atoms with van der Waals surface area (Å²) >= 11 is 0. The predicted octanol–water partition coefficient (Wildman–Crippen LogP) is 3.04. The highest BCUT2D eigenvalue weighted by molar-refractivity contribution is 7.90. The van der Waals surface area contributed by atoms with Crippen molar-refractivity contribution in [2.75, 3.05) is 31.4 Å². The summed E-state index contributed by atoms with van der Waals surface area (Å²) in [7, 11) is -1.40. The fraction of sp³-hybridized carbons (Fsp3) is 0.296. The van der Waals surface area contributed by atoms with Gasteiger partial charge in [0, 0.05) is 56.5 Å². The lowest BCUT2D eigenvalue weighted by Gasteiger charge is -2.32. The fourth-order valence-corrected chi connectivity index (χ4v) is 4.93. The molecular formula is C27H28N6O4S. The molecule has 5 rings (SSSR count). The number of nitrogens with zero attached hydrogens (tertiary/aromatic N) is 5. The van der Waals surface area contributed by atoms with E-state index in [0.29, 0.717) is 11.7 Å². The molecule has 10 nitrogen and oxygen atoms in total. The van der Waals surface area contributed by atoms with Gasteiger partial charge in [0.2, 0.25) is 0 Å². The third-order valence-corrected chi connectivity index (χ3v) is 7.64. The standard InChI is InChI=1S/C27H28N6O4S/c1-33(21-8-10-37-11-9-21)26-5-3-4-23(32-26)24-7-6-18-15-29-20(13-25(18)31-24)16-30-27(34)19-12-22(17-28-14-19)38(2,35)36/h3-7,12-15,17,21H,8-11,16H2,1-2H3,(H,30,34). The second kappa shape index (κ2) is 10.8. The van der Waals surface area contributed by atoms with Crippen molar-refractivity contribution in [3.63, 3.8) is 0 Å². The van der Waals surface area contributed by atoms with E-state index in [0.717, 1.165) is 60.4 Å². The molecule has 0 atom stereocenters. The Labute approximate surface area is 221 Å². The van der Waals surface area contributed by atoms with E-state index in [4.69, 9.17) is 14.7 Å². The number of carbonyl (C=O) groups is 1. The number of aromatic nitrogens is 4. The van der Waals surface area contributed by atoms with Crippen LogP contribution in [0.25, 0.3) is 22.3 Å². The maximum absolute atomic E-state index is 12.6. The van der Waals surface area contributed by atoms with E-state index in [9.17, 15) is 13.2 Å². The van der Waals surface area contributed by atoms with E-state index in [1.54, 1.807) is 6.20 Å². The number of nitrogens with one attached hydrogen (secondary N) is 1. The minimum Gasteiger partial charge on any atom is -0.381 e. The second-order valence-electron chi connectivity index (χ2n) is 9.26. The Bertz CT molecular complexity index is 1590. The Balaban J connectivity index is 1.33. The molecule has 1 N–H and O–H groups in total. The molecule has 4 aromatic rings. The van der Waals surface area contributed by atoms with Gasteiger partial charge in [-0.2, -0.15) is 0 Å². The normalized spacial score (nSPS) is 14.4. The van der Waals surface area contributed by atoms with Crippen LogP contribution in [-0.2, 0) is 21.1 Å². The Hall–Kier alpha value is -3.96. The van der Waals surface area contributed by atoms with Gasteiger partial charge in [-0.3, -0.25) is 14.8 Å². The first-order chi connectivity index (χ1) is 18.3. The van der Waals surface area contributed by atoms with Crippen LogP contribution in [0.5, 0.6) is 0 Å².